The number of nitrogens with zero attached hydrogens (tertiary/aromatic N) is 3. The Morgan fingerprint density at radius 1 is 0.867 bits per heavy atom. The molecule has 5 heteroatoms. The summed E-state index contributed by atoms with van der Waals surface area (Å²) in [6.07, 6.45) is 4.06. The molecule has 0 bridgehead atoms. The maximum absolute atomic E-state index is 13.0. The molecule has 0 unspecified atom stereocenters. The third-order valence-electron chi connectivity index (χ3n) is 6.71. The van der Waals surface area contributed by atoms with Crippen LogP contribution in [0.15, 0.2) is 54.7 Å². The molecule has 30 heavy (non-hydrogen) atoms. The normalized spacial score (nSPS) is 17.9. The van der Waals surface area contributed by atoms with E-state index in [2.05, 4.69) is 42.1 Å². The van der Waals surface area contributed by atoms with Gasteiger partial charge in [-0.1, -0.05) is 37.3 Å². The number of carbonyl (C=O) groups is 2. The minimum absolute atomic E-state index is 0.0448. The molecule has 2 aliphatic rings. The van der Waals surface area contributed by atoms with Crippen molar-refractivity contribution in [2.75, 3.05) is 26.2 Å². The SMILES string of the molecule is Cn1ccc2cccc(-c3ccc(C(=O)N4CCN(C(=O)C5(C)CC5)CC4)cc3)c21. The summed E-state index contributed by atoms with van der Waals surface area (Å²) in [7, 11) is 2.05. The number of hydrogen-bond acceptors (Lipinski definition) is 2. The molecule has 2 aromatic carbocycles. The van der Waals surface area contributed by atoms with E-state index >= 15 is 0 Å². The zero-order valence-corrected chi connectivity index (χ0v) is 17.6. The number of hydrogen-bond donors (Lipinski definition) is 0. The molecule has 1 aromatic heterocycles. The quantitative estimate of drug-likeness (QED) is 0.668. The fourth-order valence-corrected chi connectivity index (χ4v) is 4.46. The highest BCUT2D eigenvalue weighted by molar-refractivity contribution is 5.97. The highest BCUT2D eigenvalue weighted by Crippen LogP contribution is 2.46. The van der Waals surface area contributed by atoms with Crippen LogP contribution >= 0.6 is 0 Å². The summed E-state index contributed by atoms with van der Waals surface area (Å²) in [5.74, 6) is 0.303. The standard InChI is InChI=1S/C25H27N3O2/c1-25(11-12-25)24(30)28-16-14-27(15-17-28)23(29)20-8-6-18(7-9-20)21-5-3-4-19-10-13-26(2)22(19)21/h3-10,13H,11-12,14-17H2,1-2H3. The van der Waals surface area contributed by atoms with Crippen molar-refractivity contribution in [3.63, 3.8) is 0 Å². The number of rotatable bonds is 3. The van der Waals surface area contributed by atoms with Gasteiger partial charge in [0.15, 0.2) is 0 Å². The molecule has 1 aliphatic carbocycles. The summed E-state index contributed by atoms with van der Waals surface area (Å²) in [5.41, 5.74) is 4.03. The maximum Gasteiger partial charge on any atom is 0.253 e. The van der Waals surface area contributed by atoms with Gasteiger partial charge in [0, 0.05) is 61.4 Å². The first-order chi connectivity index (χ1) is 14.5. The van der Waals surface area contributed by atoms with E-state index in [1.807, 2.05) is 41.0 Å². The zero-order chi connectivity index (χ0) is 20.9. The third-order valence-corrected chi connectivity index (χ3v) is 6.71. The number of benzene rings is 2. The average molecular weight is 402 g/mol. The summed E-state index contributed by atoms with van der Waals surface area (Å²) >= 11 is 0. The molecule has 0 radical (unpaired) electrons. The van der Waals surface area contributed by atoms with Gasteiger partial charge in [-0.25, -0.2) is 0 Å². The highest BCUT2D eigenvalue weighted by atomic mass is 16.2. The Morgan fingerprint density at radius 2 is 1.53 bits per heavy atom. The number of carbonyl (C=O) groups excluding carboxylic acids is 2. The van der Waals surface area contributed by atoms with Gasteiger partial charge in [-0.2, -0.15) is 0 Å². The minimum atomic E-state index is -0.136. The van der Waals surface area contributed by atoms with Crippen LogP contribution < -0.4 is 0 Å². The lowest BCUT2D eigenvalue weighted by molar-refractivity contribution is -0.137. The van der Waals surface area contributed by atoms with Crippen molar-refractivity contribution in [3.05, 3.63) is 60.3 Å². The van der Waals surface area contributed by atoms with Crippen molar-refractivity contribution in [1.29, 1.82) is 0 Å². The summed E-state index contributed by atoms with van der Waals surface area (Å²) in [5, 5.41) is 1.21. The topological polar surface area (TPSA) is 45.6 Å². The van der Waals surface area contributed by atoms with E-state index in [-0.39, 0.29) is 17.2 Å². The number of fused-ring (bicyclic) bond motifs is 1. The number of piperazine rings is 1. The molecule has 0 spiro atoms. The molecule has 0 N–H and O–H groups in total. The van der Waals surface area contributed by atoms with Gasteiger partial charge >= 0.3 is 0 Å². The lowest BCUT2D eigenvalue weighted by atomic mass is 10.0. The molecule has 5 nitrogen and oxygen atoms in total. The van der Waals surface area contributed by atoms with Gasteiger partial charge in [0.2, 0.25) is 5.91 Å². The summed E-state index contributed by atoms with van der Waals surface area (Å²) < 4.78 is 2.13. The van der Waals surface area contributed by atoms with Gasteiger partial charge in [0.05, 0.1) is 5.52 Å². The van der Waals surface area contributed by atoms with Crippen LogP contribution in [-0.4, -0.2) is 52.4 Å². The number of aromatic nitrogens is 1. The van der Waals surface area contributed by atoms with Gasteiger partial charge in [-0.3, -0.25) is 9.59 Å². The lowest BCUT2D eigenvalue weighted by Crippen LogP contribution is -2.52. The Balaban J connectivity index is 1.29. The van der Waals surface area contributed by atoms with Crippen LogP contribution in [0.1, 0.15) is 30.1 Å². The molecule has 2 amide bonds. The Hall–Kier alpha value is -3.08. The van der Waals surface area contributed by atoms with E-state index in [1.54, 1.807) is 0 Å². The van der Waals surface area contributed by atoms with Crippen LogP contribution in [0.25, 0.3) is 22.0 Å². The lowest BCUT2D eigenvalue weighted by Gasteiger charge is -2.36. The fourth-order valence-electron chi connectivity index (χ4n) is 4.46. The van der Waals surface area contributed by atoms with Crippen LogP contribution in [0.4, 0.5) is 0 Å². The second-order valence-corrected chi connectivity index (χ2v) is 8.89. The van der Waals surface area contributed by atoms with Gasteiger partial charge in [0.25, 0.3) is 5.91 Å². The van der Waals surface area contributed by atoms with Crippen molar-refractivity contribution in [2.45, 2.75) is 19.8 Å². The van der Waals surface area contributed by atoms with Crippen molar-refractivity contribution >= 4 is 22.7 Å². The smallest absolute Gasteiger partial charge is 0.253 e. The van der Waals surface area contributed by atoms with E-state index in [1.165, 1.54) is 16.5 Å². The molecule has 3 aromatic rings. The van der Waals surface area contributed by atoms with Crippen LogP contribution in [0.2, 0.25) is 0 Å². The molecule has 0 atom stereocenters. The predicted octanol–water partition coefficient (Wildman–Crippen LogP) is 3.93. The number of aryl methyl sites for hydroxylation is 1. The fraction of sp³-hybridized carbons (Fsp3) is 0.360. The molecule has 2 fully saturated rings. The van der Waals surface area contributed by atoms with Crippen LogP contribution in [0.3, 0.4) is 0 Å². The minimum Gasteiger partial charge on any atom is -0.350 e. The van der Waals surface area contributed by atoms with Crippen LogP contribution in [-0.2, 0) is 11.8 Å². The van der Waals surface area contributed by atoms with Crippen molar-refractivity contribution in [2.24, 2.45) is 12.5 Å². The second kappa shape index (κ2) is 7.01. The first kappa shape index (κ1) is 18.9. The summed E-state index contributed by atoms with van der Waals surface area (Å²) in [4.78, 5) is 29.3. The van der Waals surface area contributed by atoms with Crippen LogP contribution in [0.5, 0.6) is 0 Å². The number of para-hydroxylation sites is 1. The maximum atomic E-state index is 13.0. The third kappa shape index (κ3) is 3.18. The molecule has 1 aliphatic heterocycles. The average Bonchev–Trinajstić information content (AvgIpc) is 3.43. The summed E-state index contributed by atoms with van der Waals surface area (Å²) in [6, 6.07) is 16.3. The van der Waals surface area contributed by atoms with E-state index < -0.39 is 0 Å². The molecule has 154 valence electrons. The first-order valence-electron chi connectivity index (χ1n) is 10.7. The number of amides is 2. The Bertz CT molecular complexity index is 1120. The Kier molecular flexibility index (Phi) is 4.42. The molecule has 1 saturated carbocycles. The van der Waals surface area contributed by atoms with Gasteiger partial charge in [-0.15, -0.1) is 0 Å². The van der Waals surface area contributed by atoms with E-state index in [9.17, 15) is 9.59 Å². The van der Waals surface area contributed by atoms with Gasteiger partial charge in [-0.05, 0) is 36.6 Å². The predicted molar refractivity (Wildman–Crippen MR) is 118 cm³/mol. The van der Waals surface area contributed by atoms with Crippen molar-refractivity contribution in [3.8, 4) is 11.1 Å². The Morgan fingerprint density at radius 3 is 2.20 bits per heavy atom. The van der Waals surface area contributed by atoms with E-state index in [0.29, 0.717) is 31.7 Å². The monoisotopic (exact) mass is 401 g/mol. The van der Waals surface area contributed by atoms with Crippen LogP contribution in [0, 0.1) is 5.41 Å². The van der Waals surface area contributed by atoms with Crippen molar-refractivity contribution < 1.29 is 9.59 Å². The molecular formula is C25H27N3O2. The van der Waals surface area contributed by atoms with Crippen molar-refractivity contribution in [1.82, 2.24) is 14.4 Å². The van der Waals surface area contributed by atoms with E-state index in [4.69, 9.17) is 0 Å². The first-order valence-corrected chi connectivity index (χ1v) is 10.7. The second-order valence-electron chi connectivity index (χ2n) is 8.89. The van der Waals surface area contributed by atoms with E-state index in [0.717, 1.165) is 18.4 Å². The van der Waals surface area contributed by atoms with Gasteiger partial charge < -0.3 is 14.4 Å². The largest absolute Gasteiger partial charge is 0.350 e. The van der Waals surface area contributed by atoms with Gasteiger partial charge in [0.1, 0.15) is 0 Å². The molecule has 5 rings (SSSR count). The molecule has 2 heterocycles. The zero-order valence-electron chi connectivity index (χ0n) is 17.6. The summed E-state index contributed by atoms with van der Waals surface area (Å²) in [6.45, 7) is 4.52. The Labute approximate surface area is 176 Å². The molecule has 1 saturated heterocycles. The highest BCUT2D eigenvalue weighted by Gasteiger charge is 2.47. The molecular weight excluding hydrogens is 374 g/mol.